The van der Waals surface area contributed by atoms with Gasteiger partial charge in [-0.25, -0.2) is 8.42 Å². The zero-order chi connectivity index (χ0) is 24.0. The van der Waals surface area contributed by atoms with Crippen LogP contribution in [0.25, 0.3) is 0 Å². The van der Waals surface area contributed by atoms with Crippen LogP contribution in [-0.4, -0.2) is 57.6 Å². The number of aryl methyl sites for hydroxylation is 2. The molecule has 1 fully saturated rings. The van der Waals surface area contributed by atoms with Crippen LogP contribution in [0.1, 0.15) is 23.1 Å². The molecule has 2 aromatic carbocycles. The number of carbonyl (C=O) groups excluding carboxylic acids is 2. The highest BCUT2D eigenvalue weighted by Gasteiger charge is 2.35. The van der Waals surface area contributed by atoms with E-state index < -0.39 is 28.1 Å². The number of hydrogen-bond donors (Lipinski definition) is 2. The maximum atomic E-state index is 13.3. The average molecular weight is 476 g/mol. The Bertz CT molecular complexity index is 1120. The van der Waals surface area contributed by atoms with E-state index in [-0.39, 0.29) is 24.5 Å². The summed E-state index contributed by atoms with van der Waals surface area (Å²) in [5.41, 5.74) is 2.23. The molecule has 10 heteroatoms. The highest BCUT2D eigenvalue weighted by atomic mass is 32.2. The molecule has 2 N–H and O–H groups in total. The molecule has 1 heterocycles. The number of nitrogens with zero attached hydrogens (tertiary/aromatic N) is 1. The molecule has 3 rings (SSSR count). The predicted molar refractivity (Wildman–Crippen MR) is 122 cm³/mol. The summed E-state index contributed by atoms with van der Waals surface area (Å²) in [6.07, 6.45) is -0.367. The molecule has 33 heavy (non-hydrogen) atoms. The zero-order valence-corrected chi connectivity index (χ0v) is 19.8. The monoisotopic (exact) mass is 475 g/mol. The SMILES string of the molecule is COc1cccc(CNC(=O)C(=O)NC[C@@H]2OCCCN2S(=O)(=O)c2cc(C)ccc2C)c1. The van der Waals surface area contributed by atoms with Crippen molar-refractivity contribution in [2.45, 2.75) is 37.9 Å². The van der Waals surface area contributed by atoms with Crippen molar-refractivity contribution in [2.24, 2.45) is 0 Å². The number of nitrogens with one attached hydrogen (secondary N) is 2. The van der Waals surface area contributed by atoms with Crippen molar-refractivity contribution in [3.05, 3.63) is 59.2 Å². The van der Waals surface area contributed by atoms with E-state index in [1.807, 2.05) is 13.0 Å². The van der Waals surface area contributed by atoms with E-state index in [0.717, 1.165) is 11.1 Å². The summed E-state index contributed by atoms with van der Waals surface area (Å²) in [6.45, 7) is 4.19. The van der Waals surface area contributed by atoms with Crippen LogP contribution in [0.3, 0.4) is 0 Å². The first-order valence-corrected chi connectivity index (χ1v) is 12.1. The minimum atomic E-state index is -3.84. The maximum Gasteiger partial charge on any atom is 0.309 e. The highest BCUT2D eigenvalue weighted by Crippen LogP contribution is 2.25. The van der Waals surface area contributed by atoms with Crippen LogP contribution in [0.2, 0.25) is 0 Å². The predicted octanol–water partition coefficient (Wildman–Crippen LogP) is 1.48. The van der Waals surface area contributed by atoms with E-state index in [9.17, 15) is 18.0 Å². The van der Waals surface area contributed by atoms with Gasteiger partial charge in [-0.1, -0.05) is 24.3 Å². The molecule has 0 aromatic heterocycles. The van der Waals surface area contributed by atoms with Crippen LogP contribution in [-0.2, 0) is 30.9 Å². The third kappa shape index (κ3) is 6.10. The lowest BCUT2D eigenvalue weighted by Crippen LogP contribution is -2.53. The molecule has 2 aromatic rings. The second kappa shape index (κ2) is 10.8. The first-order chi connectivity index (χ1) is 15.7. The van der Waals surface area contributed by atoms with Crippen LogP contribution in [0, 0.1) is 13.8 Å². The Morgan fingerprint density at radius 1 is 1.12 bits per heavy atom. The van der Waals surface area contributed by atoms with E-state index in [4.69, 9.17) is 9.47 Å². The number of sulfonamides is 1. The molecule has 0 saturated carbocycles. The van der Waals surface area contributed by atoms with Crippen molar-refractivity contribution >= 4 is 21.8 Å². The van der Waals surface area contributed by atoms with E-state index in [1.54, 1.807) is 50.4 Å². The lowest BCUT2D eigenvalue weighted by Gasteiger charge is -2.35. The fourth-order valence-electron chi connectivity index (χ4n) is 3.52. The largest absolute Gasteiger partial charge is 0.497 e. The molecule has 1 aliphatic rings. The Hall–Kier alpha value is -2.95. The van der Waals surface area contributed by atoms with E-state index in [2.05, 4.69) is 10.6 Å². The molecule has 178 valence electrons. The van der Waals surface area contributed by atoms with Gasteiger partial charge in [0, 0.05) is 13.1 Å². The molecule has 1 saturated heterocycles. The van der Waals surface area contributed by atoms with Gasteiger partial charge in [0.05, 0.1) is 25.2 Å². The van der Waals surface area contributed by atoms with Gasteiger partial charge in [-0.3, -0.25) is 9.59 Å². The van der Waals surface area contributed by atoms with Crippen molar-refractivity contribution in [2.75, 3.05) is 26.8 Å². The summed E-state index contributed by atoms with van der Waals surface area (Å²) in [5, 5.41) is 5.02. The summed E-state index contributed by atoms with van der Waals surface area (Å²) in [4.78, 5) is 24.7. The number of carbonyl (C=O) groups is 2. The molecule has 0 bridgehead atoms. The van der Waals surface area contributed by atoms with Crippen molar-refractivity contribution in [3.63, 3.8) is 0 Å². The Morgan fingerprint density at radius 2 is 1.88 bits per heavy atom. The number of amides is 2. The molecule has 1 atom stereocenters. The van der Waals surface area contributed by atoms with Crippen LogP contribution >= 0.6 is 0 Å². The smallest absolute Gasteiger partial charge is 0.309 e. The number of benzene rings is 2. The maximum absolute atomic E-state index is 13.3. The summed E-state index contributed by atoms with van der Waals surface area (Å²) in [6, 6.07) is 12.4. The molecule has 9 nitrogen and oxygen atoms in total. The normalized spacial score (nSPS) is 16.8. The lowest BCUT2D eigenvalue weighted by atomic mass is 10.2. The molecule has 2 amide bonds. The fourth-order valence-corrected chi connectivity index (χ4v) is 5.40. The van der Waals surface area contributed by atoms with Crippen LogP contribution in [0.5, 0.6) is 5.75 Å². The van der Waals surface area contributed by atoms with Gasteiger partial charge in [-0.05, 0) is 55.2 Å². The number of rotatable bonds is 7. The highest BCUT2D eigenvalue weighted by molar-refractivity contribution is 7.89. The van der Waals surface area contributed by atoms with Crippen LogP contribution < -0.4 is 15.4 Å². The summed E-state index contributed by atoms with van der Waals surface area (Å²) < 4.78 is 38.6. The Labute approximate surface area is 194 Å². The van der Waals surface area contributed by atoms with Gasteiger partial charge in [0.15, 0.2) is 0 Å². The topological polar surface area (TPSA) is 114 Å². The molecule has 0 radical (unpaired) electrons. The van der Waals surface area contributed by atoms with Gasteiger partial charge < -0.3 is 20.1 Å². The first-order valence-electron chi connectivity index (χ1n) is 10.6. The molecule has 1 aliphatic heterocycles. The zero-order valence-electron chi connectivity index (χ0n) is 19.0. The molecular weight excluding hydrogens is 446 g/mol. The van der Waals surface area contributed by atoms with E-state index in [1.165, 1.54) is 4.31 Å². The summed E-state index contributed by atoms with van der Waals surface area (Å²) >= 11 is 0. The third-order valence-corrected chi connectivity index (χ3v) is 7.35. The molecule has 0 aliphatic carbocycles. The van der Waals surface area contributed by atoms with Gasteiger partial charge in [0.25, 0.3) is 0 Å². The first kappa shape index (κ1) is 24.7. The summed E-state index contributed by atoms with van der Waals surface area (Å²) in [5.74, 6) is -1.04. The van der Waals surface area contributed by atoms with Crippen LogP contribution in [0.15, 0.2) is 47.4 Å². The van der Waals surface area contributed by atoms with Crippen molar-refractivity contribution in [3.8, 4) is 5.75 Å². The second-order valence-corrected chi connectivity index (χ2v) is 9.67. The number of ether oxygens (including phenoxy) is 2. The Kier molecular flexibility index (Phi) is 8.06. The summed E-state index contributed by atoms with van der Waals surface area (Å²) in [7, 11) is -2.30. The molecule has 0 unspecified atom stereocenters. The third-order valence-electron chi connectivity index (χ3n) is 5.32. The fraction of sp³-hybridized carbons (Fsp3) is 0.391. The van der Waals surface area contributed by atoms with Gasteiger partial charge in [0.2, 0.25) is 10.0 Å². The molecular formula is C23H29N3O6S. The van der Waals surface area contributed by atoms with Gasteiger partial charge >= 0.3 is 11.8 Å². The number of methoxy groups -OCH3 is 1. The van der Waals surface area contributed by atoms with E-state index >= 15 is 0 Å². The quantitative estimate of drug-likeness (QED) is 0.587. The van der Waals surface area contributed by atoms with Crippen molar-refractivity contribution in [1.29, 1.82) is 0 Å². The van der Waals surface area contributed by atoms with E-state index in [0.29, 0.717) is 24.3 Å². The minimum absolute atomic E-state index is 0.143. The van der Waals surface area contributed by atoms with Crippen LogP contribution in [0.4, 0.5) is 0 Å². The second-order valence-electron chi connectivity index (χ2n) is 7.81. The van der Waals surface area contributed by atoms with Gasteiger partial charge in [-0.15, -0.1) is 0 Å². The van der Waals surface area contributed by atoms with Crippen molar-refractivity contribution < 1.29 is 27.5 Å². The average Bonchev–Trinajstić information content (AvgIpc) is 2.82. The van der Waals surface area contributed by atoms with Crippen molar-refractivity contribution in [1.82, 2.24) is 14.9 Å². The van der Waals surface area contributed by atoms with Gasteiger partial charge in [-0.2, -0.15) is 4.31 Å². The minimum Gasteiger partial charge on any atom is -0.497 e. The van der Waals surface area contributed by atoms with Gasteiger partial charge in [0.1, 0.15) is 12.0 Å². The number of hydrogen-bond acceptors (Lipinski definition) is 6. The lowest BCUT2D eigenvalue weighted by molar-refractivity contribution is -0.140. The Morgan fingerprint density at radius 3 is 2.64 bits per heavy atom. The molecule has 0 spiro atoms. The Balaban J connectivity index is 1.62. The standard InChI is InChI=1S/C23H29N3O6S/c1-16-8-9-17(2)20(12-16)33(29,30)26-10-5-11-32-21(26)15-25-23(28)22(27)24-14-18-6-4-7-19(13-18)31-3/h4,6-9,12-13,21H,5,10-11,14-15H2,1-3H3,(H,24,27)(H,25,28)/t21-/m0/s1.